The molecule has 1 aliphatic carbocycles. The van der Waals surface area contributed by atoms with Crippen LogP contribution in [0.25, 0.3) is 0 Å². The van der Waals surface area contributed by atoms with E-state index in [-0.39, 0.29) is 0 Å². The van der Waals surface area contributed by atoms with E-state index in [0.717, 1.165) is 12.2 Å². The first kappa shape index (κ1) is 9.52. The van der Waals surface area contributed by atoms with E-state index in [1.54, 1.807) is 0 Å². The molecule has 1 fully saturated rings. The van der Waals surface area contributed by atoms with Gasteiger partial charge >= 0.3 is 0 Å². The molecule has 1 saturated carbocycles. The van der Waals surface area contributed by atoms with Gasteiger partial charge < -0.3 is 11.1 Å². The van der Waals surface area contributed by atoms with Crippen LogP contribution in [0.1, 0.15) is 19.3 Å². The highest BCUT2D eigenvalue weighted by molar-refractivity contribution is 5.39. The summed E-state index contributed by atoms with van der Waals surface area (Å²) in [7, 11) is 1.93. The van der Waals surface area contributed by atoms with Crippen LogP contribution in [0, 0.1) is 5.92 Å². The topological polar surface area (TPSA) is 55.9 Å². The van der Waals surface area contributed by atoms with Crippen LogP contribution in [-0.4, -0.2) is 22.4 Å². The van der Waals surface area contributed by atoms with Gasteiger partial charge in [-0.2, -0.15) is 5.10 Å². The molecule has 4 heteroatoms. The minimum atomic E-state index is 0.546. The van der Waals surface area contributed by atoms with Crippen molar-refractivity contribution < 1.29 is 0 Å². The first-order valence-corrected chi connectivity index (χ1v) is 5.25. The Morgan fingerprint density at radius 1 is 1.64 bits per heavy atom. The third kappa shape index (κ3) is 1.90. The summed E-state index contributed by atoms with van der Waals surface area (Å²) in [5, 5.41) is 7.63. The van der Waals surface area contributed by atoms with E-state index in [9.17, 15) is 0 Å². The Bertz CT molecular complexity index is 294. The molecular weight excluding hydrogens is 176 g/mol. The smallest absolute Gasteiger partial charge is 0.0728 e. The van der Waals surface area contributed by atoms with Gasteiger partial charge in [-0.25, -0.2) is 0 Å². The van der Waals surface area contributed by atoms with Gasteiger partial charge in [0.1, 0.15) is 0 Å². The van der Waals surface area contributed by atoms with Gasteiger partial charge in [0.25, 0.3) is 0 Å². The van der Waals surface area contributed by atoms with Crippen LogP contribution in [0.3, 0.4) is 0 Å². The van der Waals surface area contributed by atoms with Crippen molar-refractivity contribution in [1.29, 1.82) is 0 Å². The lowest BCUT2D eigenvalue weighted by atomic mass is 10.0. The van der Waals surface area contributed by atoms with Gasteiger partial charge in [0, 0.05) is 19.3 Å². The second-order valence-corrected chi connectivity index (χ2v) is 4.08. The molecule has 0 bridgehead atoms. The maximum absolute atomic E-state index is 5.72. The molecule has 0 aliphatic heterocycles. The summed E-state index contributed by atoms with van der Waals surface area (Å²) < 4.78 is 1.81. The Balaban J connectivity index is 1.96. The molecular formula is C10H18N4. The van der Waals surface area contributed by atoms with Crippen LogP contribution in [-0.2, 0) is 7.05 Å². The summed E-state index contributed by atoms with van der Waals surface area (Å²) in [5.74, 6) is 0.634. The van der Waals surface area contributed by atoms with Crippen molar-refractivity contribution in [2.24, 2.45) is 18.7 Å². The van der Waals surface area contributed by atoms with Crippen LogP contribution in [0.4, 0.5) is 5.69 Å². The van der Waals surface area contributed by atoms with Crippen LogP contribution in [0.2, 0.25) is 0 Å². The molecule has 1 aliphatic rings. The number of rotatable bonds is 3. The molecule has 78 valence electrons. The predicted octanol–water partition coefficient (Wildman–Crippen LogP) is 0.959. The molecule has 0 saturated heterocycles. The molecule has 1 aromatic rings. The first-order chi connectivity index (χ1) is 6.79. The highest BCUT2D eigenvalue weighted by Gasteiger charge is 2.25. The molecule has 2 unspecified atom stereocenters. The second-order valence-electron chi connectivity index (χ2n) is 4.08. The lowest BCUT2D eigenvalue weighted by Gasteiger charge is -2.19. The minimum absolute atomic E-state index is 0.546. The fourth-order valence-electron chi connectivity index (χ4n) is 2.22. The highest BCUT2D eigenvalue weighted by Crippen LogP contribution is 2.27. The maximum atomic E-state index is 5.72. The molecule has 2 atom stereocenters. The highest BCUT2D eigenvalue weighted by atomic mass is 15.3. The van der Waals surface area contributed by atoms with Crippen molar-refractivity contribution in [2.45, 2.75) is 25.3 Å². The number of anilines is 1. The largest absolute Gasteiger partial charge is 0.379 e. The molecule has 0 spiro atoms. The van der Waals surface area contributed by atoms with Crippen LogP contribution in [0.5, 0.6) is 0 Å². The molecule has 0 amide bonds. The van der Waals surface area contributed by atoms with Crippen molar-refractivity contribution in [2.75, 3.05) is 11.9 Å². The number of hydrogen-bond acceptors (Lipinski definition) is 3. The van der Waals surface area contributed by atoms with Crippen molar-refractivity contribution in [3.63, 3.8) is 0 Å². The van der Waals surface area contributed by atoms with Gasteiger partial charge in [0.05, 0.1) is 11.9 Å². The van der Waals surface area contributed by atoms with Gasteiger partial charge in [-0.1, -0.05) is 6.42 Å². The number of nitrogens with two attached hydrogens (primary N) is 1. The van der Waals surface area contributed by atoms with Crippen molar-refractivity contribution in [3.05, 3.63) is 12.4 Å². The number of aromatic nitrogens is 2. The van der Waals surface area contributed by atoms with Crippen LogP contribution >= 0.6 is 0 Å². The fraction of sp³-hybridized carbons (Fsp3) is 0.700. The Hall–Kier alpha value is -1.03. The Morgan fingerprint density at radius 3 is 3.14 bits per heavy atom. The van der Waals surface area contributed by atoms with Gasteiger partial charge in [0.2, 0.25) is 0 Å². The standard InChI is InChI=1S/C10H18N4/c1-14-7-9(6-12-14)13-10-4-2-3-8(10)5-11/h6-8,10,13H,2-5,11H2,1H3. The lowest BCUT2D eigenvalue weighted by molar-refractivity contribution is 0.516. The van der Waals surface area contributed by atoms with Crippen LogP contribution in [0.15, 0.2) is 12.4 Å². The van der Waals surface area contributed by atoms with E-state index in [2.05, 4.69) is 10.4 Å². The van der Waals surface area contributed by atoms with E-state index < -0.39 is 0 Å². The molecule has 0 radical (unpaired) electrons. The average molecular weight is 194 g/mol. The van der Waals surface area contributed by atoms with Crippen LogP contribution < -0.4 is 11.1 Å². The number of hydrogen-bond donors (Lipinski definition) is 2. The zero-order valence-corrected chi connectivity index (χ0v) is 8.61. The van der Waals surface area contributed by atoms with E-state index in [1.165, 1.54) is 19.3 Å². The van der Waals surface area contributed by atoms with Gasteiger partial charge in [0.15, 0.2) is 0 Å². The number of aryl methyl sites for hydroxylation is 1. The molecule has 4 nitrogen and oxygen atoms in total. The third-order valence-electron chi connectivity index (χ3n) is 3.02. The molecule has 1 heterocycles. The summed E-state index contributed by atoms with van der Waals surface area (Å²) in [6, 6.07) is 0.546. The monoisotopic (exact) mass is 194 g/mol. The summed E-state index contributed by atoms with van der Waals surface area (Å²) in [4.78, 5) is 0. The first-order valence-electron chi connectivity index (χ1n) is 5.25. The van der Waals surface area contributed by atoms with Gasteiger partial charge in [-0.15, -0.1) is 0 Å². The number of nitrogens with zero attached hydrogens (tertiary/aromatic N) is 2. The van der Waals surface area contributed by atoms with E-state index >= 15 is 0 Å². The number of nitrogens with one attached hydrogen (secondary N) is 1. The summed E-state index contributed by atoms with van der Waals surface area (Å²) in [5.41, 5.74) is 6.83. The molecule has 0 aromatic carbocycles. The molecule has 14 heavy (non-hydrogen) atoms. The third-order valence-corrected chi connectivity index (χ3v) is 3.02. The SMILES string of the molecule is Cn1cc(NC2CCCC2CN)cn1. The molecule has 2 rings (SSSR count). The Kier molecular flexibility index (Phi) is 2.72. The lowest BCUT2D eigenvalue weighted by Crippen LogP contribution is -2.29. The van der Waals surface area contributed by atoms with Gasteiger partial charge in [-0.05, 0) is 25.3 Å². The normalized spacial score (nSPS) is 26.7. The average Bonchev–Trinajstić information content (AvgIpc) is 2.76. The van der Waals surface area contributed by atoms with E-state index in [1.807, 2.05) is 24.1 Å². The quantitative estimate of drug-likeness (QED) is 0.753. The summed E-state index contributed by atoms with van der Waals surface area (Å²) in [6.07, 6.45) is 7.66. The zero-order chi connectivity index (χ0) is 9.97. The predicted molar refractivity (Wildman–Crippen MR) is 57.0 cm³/mol. The van der Waals surface area contributed by atoms with Crippen molar-refractivity contribution in [1.82, 2.24) is 9.78 Å². The van der Waals surface area contributed by atoms with Crippen molar-refractivity contribution in [3.8, 4) is 0 Å². The Labute approximate surface area is 84.5 Å². The Morgan fingerprint density at radius 2 is 2.50 bits per heavy atom. The van der Waals surface area contributed by atoms with Gasteiger partial charge in [-0.3, -0.25) is 4.68 Å². The van der Waals surface area contributed by atoms with E-state index in [4.69, 9.17) is 5.73 Å². The fourth-order valence-corrected chi connectivity index (χ4v) is 2.22. The molecule has 3 N–H and O–H groups in total. The van der Waals surface area contributed by atoms with E-state index in [0.29, 0.717) is 12.0 Å². The zero-order valence-electron chi connectivity index (χ0n) is 8.61. The molecule has 1 aromatic heterocycles. The summed E-state index contributed by atoms with van der Waals surface area (Å²) in [6.45, 7) is 0.790. The van der Waals surface area contributed by atoms with Crippen molar-refractivity contribution >= 4 is 5.69 Å². The maximum Gasteiger partial charge on any atom is 0.0728 e. The second kappa shape index (κ2) is 4.00. The summed E-state index contributed by atoms with van der Waals surface area (Å²) >= 11 is 0. The minimum Gasteiger partial charge on any atom is -0.379 e.